The van der Waals surface area contributed by atoms with Crippen molar-refractivity contribution in [3.8, 4) is 0 Å². The lowest BCUT2D eigenvalue weighted by Gasteiger charge is -2.06. The first-order chi connectivity index (χ1) is 8.00. The van der Waals surface area contributed by atoms with Crippen molar-refractivity contribution < 1.29 is 13.6 Å². The summed E-state index contributed by atoms with van der Waals surface area (Å²) in [7, 11) is 0. The monoisotopic (exact) mass is 261 g/mol. The summed E-state index contributed by atoms with van der Waals surface area (Å²) >= 11 is 5.74. The van der Waals surface area contributed by atoms with Gasteiger partial charge in [0.1, 0.15) is 0 Å². The third-order valence-corrected chi connectivity index (χ3v) is 2.46. The first-order valence-electron chi connectivity index (χ1n) is 5.38. The average molecular weight is 262 g/mol. The molecule has 1 aromatic carbocycles. The van der Waals surface area contributed by atoms with Gasteiger partial charge in [-0.15, -0.1) is 11.6 Å². The first kappa shape index (κ1) is 13.9. The summed E-state index contributed by atoms with van der Waals surface area (Å²) in [6, 6.07) is 3.07. The molecule has 0 aliphatic carbocycles. The Bertz CT molecular complexity index is 396. The molecule has 0 radical (unpaired) electrons. The summed E-state index contributed by atoms with van der Waals surface area (Å²) in [6.45, 7) is 2.34. The number of hydrogen-bond donors (Lipinski definition) is 1. The third kappa shape index (κ3) is 4.69. The molecule has 94 valence electrons. The minimum absolute atomic E-state index is 0.0650. The van der Waals surface area contributed by atoms with Crippen molar-refractivity contribution >= 4 is 17.5 Å². The SMILES string of the molecule is CC(Cl)CCCNC(=O)c1ccc(F)c(F)c1. The minimum atomic E-state index is -1.02. The van der Waals surface area contributed by atoms with Gasteiger partial charge in [-0.3, -0.25) is 4.79 Å². The van der Waals surface area contributed by atoms with Gasteiger partial charge in [-0.25, -0.2) is 8.78 Å². The van der Waals surface area contributed by atoms with E-state index in [0.29, 0.717) is 6.54 Å². The fraction of sp³-hybridized carbons (Fsp3) is 0.417. The second kappa shape index (κ2) is 6.55. The molecule has 1 N–H and O–H groups in total. The van der Waals surface area contributed by atoms with E-state index < -0.39 is 17.5 Å². The van der Waals surface area contributed by atoms with Crippen molar-refractivity contribution in [3.05, 3.63) is 35.4 Å². The van der Waals surface area contributed by atoms with Crippen molar-refractivity contribution in [2.24, 2.45) is 0 Å². The zero-order chi connectivity index (χ0) is 12.8. The quantitative estimate of drug-likeness (QED) is 0.640. The van der Waals surface area contributed by atoms with Crippen LogP contribution in [0, 0.1) is 11.6 Å². The Labute approximate surface area is 104 Å². The number of alkyl halides is 1. The molecule has 0 bridgehead atoms. The van der Waals surface area contributed by atoms with Crippen LogP contribution in [-0.4, -0.2) is 17.8 Å². The lowest BCUT2D eigenvalue weighted by atomic mass is 10.2. The van der Waals surface area contributed by atoms with E-state index in [0.717, 1.165) is 25.0 Å². The van der Waals surface area contributed by atoms with Crippen LogP contribution in [0.5, 0.6) is 0 Å². The van der Waals surface area contributed by atoms with Crippen LogP contribution >= 0.6 is 11.6 Å². The summed E-state index contributed by atoms with van der Waals surface area (Å²) in [5, 5.41) is 2.68. The van der Waals surface area contributed by atoms with Crippen LogP contribution in [0.25, 0.3) is 0 Å². The van der Waals surface area contributed by atoms with E-state index in [-0.39, 0.29) is 10.9 Å². The highest BCUT2D eigenvalue weighted by Crippen LogP contribution is 2.08. The fourth-order valence-electron chi connectivity index (χ4n) is 1.32. The maximum Gasteiger partial charge on any atom is 0.251 e. The van der Waals surface area contributed by atoms with Crippen LogP contribution in [0.1, 0.15) is 30.1 Å². The predicted octanol–water partition coefficient (Wildman–Crippen LogP) is 3.10. The van der Waals surface area contributed by atoms with Crippen LogP contribution in [-0.2, 0) is 0 Å². The maximum atomic E-state index is 12.9. The Morgan fingerprint density at radius 1 is 1.41 bits per heavy atom. The van der Waals surface area contributed by atoms with Gasteiger partial charge in [-0.2, -0.15) is 0 Å². The molecule has 1 amide bonds. The summed E-state index contributed by atoms with van der Waals surface area (Å²) < 4.78 is 25.5. The zero-order valence-electron chi connectivity index (χ0n) is 9.47. The zero-order valence-corrected chi connectivity index (χ0v) is 10.2. The first-order valence-corrected chi connectivity index (χ1v) is 5.81. The van der Waals surface area contributed by atoms with Crippen LogP contribution in [0.3, 0.4) is 0 Å². The Balaban J connectivity index is 2.44. The molecular weight excluding hydrogens is 248 g/mol. The lowest BCUT2D eigenvalue weighted by Crippen LogP contribution is -2.24. The second-order valence-corrected chi connectivity index (χ2v) is 4.55. The van der Waals surface area contributed by atoms with Crippen LogP contribution in [0.15, 0.2) is 18.2 Å². The van der Waals surface area contributed by atoms with E-state index >= 15 is 0 Å². The van der Waals surface area contributed by atoms with E-state index in [9.17, 15) is 13.6 Å². The van der Waals surface area contributed by atoms with Gasteiger partial charge in [-0.05, 0) is 38.0 Å². The molecule has 1 atom stereocenters. The highest BCUT2D eigenvalue weighted by Gasteiger charge is 2.09. The maximum absolute atomic E-state index is 12.9. The molecule has 0 aliphatic rings. The molecule has 0 spiro atoms. The van der Waals surface area contributed by atoms with Gasteiger partial charge in [0.15, 0.2) is 11.6 Å². The topological polar surface area (TPSA) is 29.1 Å². The molecule has 1 rings (SSSR count). The summed E-state index contributed by atoms with van der Waals surface area (Å²) in [5.74, 6) is -2.39. The molecule has 0 fully saturated rings. The molecule has 2 nitrogen and oxygen atoms in total. The van der Waals surface area contributed by atoms with Crippen LogP contribution < -0.4 is 5.32 Å². The second-order valence-electron chi connectivity index (χ2n) is 3.81. The smallest absolute Gasteiger partial charge is 0.251 e. The number of carbonyl (C=O) groups excluding carboxylic acids is 1. The lowest BCUT2D eigenvalue weighted by molar-refractivity contribution is 0.0952. The van der Waals surface area contributed by atoms with Crippen LogP contribution in [0.4, 0.5) is 8.78 Å². The molecule has 0 saturated carbocycles. The average Bonchev–Trinajstić information content (AvgIpc) is 2.27. The Morgan fingerprint density at radius 3 is 2.71 bits per heavy atom. The van der Waals surface area contributed by atoms with Crippen molar-refractivity contribution in [2.45, 2.75) is 25.1 Å². The molecule has 1 aromatic rings. The van der Waals surface area contributed by atoms with E-state index in [2.05, 4.69) is 5.32 Å². The van der Waals surface area contributed by atoms with Gasteiger partial charge < -0.3 is 5.32 Å². The summed E-state index contributed by atoms with van der Waals surface area (Å²) in [6.07, 6.45) is 1.54. The molecule has 0 aromatic heterocycles. The van der Waals surface area contributed by atoms with Crippen molar-refractivity contribution in [2.75, 3.05) is 6.54 Å². The van der Waals surface area contributed by atoms with Gasteiger partial charge in [0.2, 0.25) is 0 Å². The molecule has 0 saturated heterocycles. The molecule has 17 heavy (non-hydrogen) atoms. The number of carbonyl (C=O) groups is 1. The van der Waals surface area contributed by atoms with E-state index in [4.69, 9.17) is 11.6 Å². The van der Waals surface area contributed by atoms with Gasteiger partial charge in [-0.1, -0.05) is 0 Å². The standard InChI is InChI=1S/C12H14ClF2NO/c1-8(13)3-2-6-16-12(17)9-4-5-10(14)11(15)7-9/h4-5,7-8H,2-3,6H2,1H3,(H,16,17). The third-order valence-electron chi connectivity index (χ3n) is 2.25. The number of hydrogen-bond acceptors (Lipinski definition) is 1. The van der Waals surface area contributed by atoms with E-state index in [1.54, 1.807) is 0 Å². The number of benzene rings is 1. The van der Waals surface area contributed by atoms with Gasteiger partial charge in [0, 0.05) is 17.5 Å². The van der Waals surface area contributed by atoms with Crippen LogP contribution in [0.2, 0.25) is 0 Å². The van der Waals surface area contributed by atoms with Gasteiger partial charge >= 0.3 is 0 Å². The highest BCUT2D eigenvalue weighted by molar-refractivity contribution is 6.20. The van der Waals surface area contributed by atoms with Crippen molar-refractivity contribution in [3.63, 3.8) is 0 Å². The minimum Gasteiger partial charge on any atom is -0.352 e. The van der Waals surface area contributed by atoms with Crippen molar-refractivity contribution in [1.82, 2.24) is 5.32 Å². The molecule has 1 unspecified atom stereocenters. The Morgan fingerprint density at radius 2 is 2.12 bits per heavy atom. The molecular formula is C12H14ClF2NO. The van der Waals surface area contributed by atoms with E-state index in [1.807, 2.05) is 6.92 Å². The number of halogens is 3. The van der Waals surface area contributed by atoms with E-state index in [1.165, 1.54) is 6.07 Å². The van der Waals surface area contributed by atoms with Crippen molar-refractivity contribution in [1.29, 1.82) is 0 Å². The molecule has 0 heterocycles. The summed E-state index contributed by atoms with van der Waals surface area (Å²) in [5.41, 5.74) is 0.114. The van der Waals surface area contributed by atoms with Gasteiger partial charge in [0.05, 0.1) is 0 Å². The largest absolute Gasteiger partial charge is 0.352 e. The summed E-state index contributed by atoms with van der Waals surface area (Å²) in [4.78, 5) is 11.5. The highest BCUT2D eigenvalue weighted by atomic mass is 35.5. The number of rotatable bonds is 5. The predicted molar refractivity (Wildman–Crippen MR) is 63.2 cm³/mol. The Kier molecular flexibility index (Phi) is 5.35. The number of nitrogens with one attached hydrogen (secondary N) is 1. The number of amides is 1. The molecule has 5 heteroatoms. The Hall–Kier alpha value is -1.16. The fourth-order valence-corrected chi connectivity index (χ4v) is 1.48. The normalized spacial score (nSPS) is 12.2. The molecule has 0 aliphatic heterocycles. The van der Waals surface area contributed by atoms with Gasteiger partial charge in [0.25, 0.3) is 5.91 Å².